The molecule has 3 aromatic carbocycles. The Morgan fingerprint density at radius 2 is 1.34 bits per heavy atom. The monoisotopic (exact) mass is 402 g/mol. The fourth-order valence-corrected chi connectivity index (χ4v) is 3.69. The third-order valence-corrected chi connectivity index (χ3v) is 5.39. The SMILES string of the molecule is COc1ccc(Cn2nc(-c3ccc(C)cc3)c(Cl)c2-c2ccc(C)cc2)cc1. The summed E-state index contributed by atoms with van der Waals surface area (Å²) in [7, 11) is 1.67. The van der Waals surface area contributed by atoms with Crippen molar-refractivity contribution in [1.82, 2.24) is 9.78 Å². The Kier molecular flexibility index (Phi) is 5.41. The topological polar surface area (TPSA) is 27.1 Å². The summed E-state index contributed by atoms with van der Waals surface area (Å²) in [5, 5.41) is 5.57. The van der Waals surface area contributed by atoms with Gasteiger partial charge in [-0.25, -0.2) is 0 Å². The molecule has 0 saturated heterocycles. The summed E-state index contributed by atoms with van der Waals surface area (Å²) in [6, 6.07) is 24.7. The number of aryl methyl sites for hydroxylation is 2. The van der Waals surface area contributed by atoms with E-state index in [0.717, 1.165) is 33.8 Å². The molecule has 0 N–H and O–H groups in total. The van der Waals surface area contributed by atoms with E-state index < -0.39 is 0 Å². The summed E-state index contributed by atoms with van der Waals surface area (Å²) in [4.78, 5) is 0. The molecule has 0 atom stereocenters. The van der Waals surface area contributed by atoms with Gasteiger partial charge in [-0.2, -0.15) is 5.10 Å². The van der Waals surface area contributed by atoms with Gasteiger partial charge in [0.2, 0.25) is 0 Å². The summed E-state index contributed by atoms with van der Waals surface area (Å²) >= 11 is 6.89. The van der Waals surface area contributed by atoms with Crippen LogP contribution in [0.3, 0.4) is 0 Å². The van der Waals surface area contributed by atoms with Crippen molar-refractivity contribution < 1.29 is 4.74 Å². The quantitative estimate of drug-likeness (QED) is 0.378. The molecule has 4 heteroatoms. The van der Waals surface area contributed by atoms with Crippen molar-refractivity contribution in [3.63, 3.8) is 0 Å². The Bertz CT molecular complexity index is 1110. The van der Waals surface area contributed by atoms with Crippen molar-refractivity contribution in [2.24, 2.45) is 0 Å². The molecule has 3 nitrogen and oxygen atoms in total. The Balaban J connectivity index is 1.81. The highest BCUT2D eigenvalue weighted by atomic mass is 35.5. The molecule has 0 spiro atoms. The van der Waals surface area contributed by atoms with Crippen LogP contribution in [-0.4, -0.2) is 16.9 Å². The van der Waals surface area contributed by atoms with Crippen LogP contribution < -0.4 is 4.74 Å². The molecule has 0 bridgehead atoms. The van der Waals surface area contributed by atoms with Gasteiger partial charge in [-0.3, -0.25) is 4.68 Å². The van der Waals surface area contributed by atoms with Gasteiger partial charge in [0.05, 0.1) is 24.4 Å². The summed E-state index contributed by atoms with van der Waals surface area (Å²) in [6.07, 6.45) is 0. The molecule has 0 fully saturated rings. The maximum absolute atomic E-state index is 6.89. The van der Waals surface area contributed by atoms with Crippen molar-refractivity contribution in [1.29, 1.82) is 0 Å². The largest absolute Gasteiger partial charge is 0.497 e. The highest BCUT2D eigenvalue weighted by Gasteiger charge is 2.19. The van der Waals surface area contributed by atoms with Crippen molar-refractivity contribution in [3.05, 3.63) is 94.5 Å². The lowest BCUT2D eigenvalue weighted by Gasteiger charge is -2.09. The molecule has 29 heavy (non-hydrogen) atoms. The van der Waals surface area contributed by atoms with E-state index in [1.54, 1.807) is 7.11 Å². The fourth-order valence-electron chi connectivity index (χ4n) is 3.34. The summed E-state index contributed by atoms with van der Waals surface area (Å²) < 4.78 is 7.26. The third-order valence-electron chi connectivity index (χ3n) is 5.04. The average molecular weight is 403 g/mol. The first-order valence-corrected chi connectivity index (χ1v) is 9.96. The van der Waals surface area contributed by atoms with E-state index in [4.69, 9.17) is 21.4 Å². The van der Waals surface area contributed by atoms with Crippen LogP contribution in [0.1, 0.15) is 16.7 Å². The number of methoxy groups -OCH3 is 1. The molecule has 0 unspecified atom stereocenters. The van der Waals surface area contributed by atoms with Gasteiger partial charge in [-0.1, -0.05) is 83.4 Å². The molecule has 4 rings (SSSR count). The molecular weight excluding hydrogens is 380 g/mol. The molecular formula is C25H23ClN2O. The minimum atomic E-state index is 0.624. The van der Waals surface area contributed by atoms with Crippen LogP contribution in [0.4, 0.5) is 0 Å². The first kappa shape index (κ1) is 19.3. The Morgan fingerprint density at radius 3 is 1.90 bits per heavy atom. The molecule has 0 aliphatic carbocycles. The van der Waals surface area contributed by atoms with E-state index in [0.29, 0.717) is 11.6 Å². The maximum Gasteiger partial charge on any atom is 0.118 e. The second kappa shape index (κ2) is 8.14. The number of hydrogen-bond acceptors (Lipinski definition) is 2. The molecule has 0 aliphatic rings. The van der Waals surface area contributed by atoms with Crippen LogP contribution in [0, 0.1) is 13.8 Å². The molecule has 0 radical (unpaired) electrons. The van der Waals surface area contributed by atoms with E-state index in [1.165, 1.54) is 11.1 Å². The van der Waals surface area contributed by atoms with Gasteiger partial charge >= 0.3 is 0 Å². The molecule has 146 valence electrons. The number of ether oxygens (including phenoxy) is 1. The van der Waals surface area contributed by atoms with Crippen LogP contribution in [0.2, 0.25) is 5.02 Å². The molecule has 1 aromatic heterocycles. The van der Waals surface area contributed by atoms with Gasteiger partial charge in [0.25, 0.3) is 0 Å². The zero-order valence-electron chi connectivity index (χ0n) is 16.8. The van der Waals surface area contributed by atoms with Crippen LogP contribution in [0.5, 0.6) is 5.75 Å². The highest BCUT2D eigenvalue weighted by Crippen LogP contribution is 2.37. The molecule has 1 heterocycles. The lowest BCUT2D eigenvalue weighted by molar-refractivity contribution is 0.414. The van der Waals surface area contributed by atoms with E-state index in [-0.39, 0.29) is 0 Å². The lowest BCUT2D eigenvalue weighted by Crippen LogP contribution is -2.04. The lowest BCUT2D eigenvalue weighted by atomic mass is 10.1. The van der Waals surface area contributed by atoms with E-state index in [2.05, 4.69) is 74.5 Å². The summed E-state index contributed by atoms with van der Waals surface area (Å²) in [6.45, 7) is 4.78. The molecule has 4 aromatic rings. The second-order valence-electron chi connectivity index (χ2n) is 7.25. The molecule has 0 aliphatic heterocycles. The summed E-state index contributed by atoms with van der Waals surface area (Å²) in [5.74, 6) is 0.839. The van der Waals surface area contributed by atoms with Crippen molar-refractivity contribution in [2.45, 2.75) is 20.4 Å². The molecule has 0 saturated carbocycles. The smallest absolute Gasteiger partial charge is 0.118 e. The third kappa shape index (κ3) is 4.06. The van der Waals surface area contributed by atoms with Gasteiger partial charge in [0.1, 0.15) is 11.4 Å². The van der Waals surface area contributed by atoms with Crippen LogP contribution in [0.25, 0.3) is 22.5 Å². The van der Waals surface area contributed by atoms with Crippen molar-refractivity contribution >= 4 is 11.6 Å². The van der Waals surface area contributed by atoms with Gasteiger partial charge in [0, 0.05) is 11.1 Å². The zero-order valence-corrected chi connectivity index (χ0v) is 17.6. The number of aromatic nitrogens is 2. The normalized spacial score (nSPS) is 10.9. The average Bonchev–Trinajstić information content (AvgIpc) is 3.06. The van der Waals surface area contributed by atoms with Crippen LogP contribution in [0.15, 0.2) is 72.8 Å². The van der Waals surface area contributed by atoms with Crippen LogP contribution >= 0.6 is 11.6 Å². The van der Waals surface area contributed by atoms with E-state index in [1.807, 2.05) is 16.8 Å². The van der Waals surface area contributed by atoms with Gasteiger partial charge < -0.3 is 4.74 Å². The highest BCUT2D eigenvalue weighted by molar-refractivity contribution is 6.35. The van der Waals surface area contributed by atoms with Crippen LogP contribution in [-0.2, 0) is 6.54 Å². The zero-order chi connectivity index (χ0) is 20.4. The fraction of sp³-hybridized carbons (Fsp3) is 0.160. The standard InChI is InChI=1S/C25H23ClN2O/c1-17-4-10-20(11-5-17)24-23(26)25(21-12-6-18(2)7-13-21)28(27-24)16-19-8-14-22(29-3)15-9-19/h4-15H,16H2,1-3H3. The van der Waals surface area contributed by atoms with Gasteiger partial charge in [-0.15, -0.1) is 0 Å². The van der Waals surface area contributed by atoms with Gasteiger partial charge in [0.15, 0.2) is 0 Å². The molecule has 0 amide bonds. The number of halogens is 1. The van der Waals surface area contributed by atoms with Crippen molar-refractivity contribution in [3.8, 4) is 28.3 Å². The van der Waals surface area contributed by atoms with Gasteiger partial charge in [-0.05, 0) is 31.5 Å². The predicted octanol–water partition coefficient (Wildman–Crippen LogP) is 6.54. The van der Waals surface area contributed by atoms with E-state index in [9.17, 15) is 0 Å². The summed E-state index contributed by atoms with van der Waals surface area (Å²) in [5.41, 5.74) is 7.36. The Morgan fingerprint density at radius 1 is 0.793 bits per heavy atom. The number of hydrogen-bond donors (Lipinski definition) is 0. The minimum absolute atomic E-state index is 0.624. The second-order valence-corrected chi connectivity index (χ2v) is 7.63. The minimum Gasteiger partial charge on any atom is -0.497 e. The first-order valence-electron chi connectivity index (χ1n) is 9.58. The first-order chi connectivity index (χ1) is 14.0. The maximum atomic E-state index is 6.89. The van der Waals surface area contributed by atoms with Crippen molar-refractivity contribution in [2.75, 3.05) is 7.11 Å². The number of benzene rings is 3. The number of rotatable bonds is 5. The Hall–Kier alpha value is -3.04. The Labute approximate surface area is 176 Å². The van der Waals surface area contributed by atoms with E-state index >= 15 is 0 Å². The predicted molar refractivity (Wildman–Crippen MR) is 120 cm³/mol. The number of nitrogens with zero attached hydrogens (tertiary/aromatic N) is 2.